The van der Waals surface area contributed by atoms with Crippen molar-refractivity contribution in [3.63, 3.8) is 0 Å². The number of amides is 1. The van der Waals surface area contributed by atoms with Crippen molar-refractivity contribution >= 4 is 17.2 Å². The number of nitrogens with two attached hydrogens (primary N) is 1. The molecule has 0 saturated heterocycles. The molecule has 1 amide bonds. The first-order valence-electron chi connectivity index (χ1n) is 9.31. The molecule has 1 heterocycles. The van der Waals surface area contributed by atoms with Crippen molar-refractivity contribution in [3.8, 4) is 11.5 Å². The molecule has 148 valence electrons. The van der Waals surface area contributed by atoms with Gasteiger partial charge in [0.25, 0.3) is 0 Å². The molecule has 0 unspecified atom stereocenters. The summed E-state index contributed by atoms with van der Waals surface area (Å²) in [5.74, 6) is 1.74. The monoisotopic (exact) mass is 390 g/mol. The van der Waals surface area contributed by atoms with E-state index in [0.29, 0.717) is 43.5 Å². The Morgan fingerprint density at radius 2 is 2.04 bits per heavy atom. The Morgan fingerprint density at radius 1 is 1.26 bits per heavy atom. The first kappa shape index (κ1) is 21.3. The molecule has 0 aliphatic rings. The Balaban J connectivity index is 2.05. The molecule has 0 aliphatic heterocycles. The fourth-order valence-electron chi connectivity index (χ4n) is 2.88. The Hall–Kier alpha value is -2.05. The fraction of sp³-hybridized carbons (Fsp3) is 0.476. The molecule has 27 heavy (non-hydrogen) atoms. The van der Waals surface area contributed by atoms with Crippen LogP contribution in [0.4, 0.5) is 0 Å². The lowest BCUT2D eigenvalue weighted by atomic mass is 10.0. The maximum Gasteiger partial charge on any atom is 0.239 e. The molecule has 1 aromatic heterocycles. The van der Waals surface area contributed by atoms with E-state index in [4.69, 9.17) is 15.2 Å². The summed E-state index contributed by atoms with van der Waals surface area (Å²) in [6.45, 7) is 7.74. The summed E-state index contributed by atoms with van der Waals surface area (Å²) in [6.07, 6.45) is 0.689. The summed E-state index contributed by atoms with van der Waals surface area (Å²) in [5.41, 5.74) is 7.07. The summed E-state index contributed by atoms with van der Waals surface area (Å²) < 4.78 is 11.4. The molecule has 0 aliphatic carbocycles. The van der Waals surface area contributed by atoms with Crippen molar-refractivity contribution < 1.29 is 14.3 Å². The smallest absolute Gasteiger partial charge is 0.239 e. The Kier molecular flexibility index (Phi) is 8.13. The van der Waals surface area contributed by atoms with Crippen LogP contribution in [0.1, 0.15) is 37.6 Å². The van der Waals surface area contributed by atoms with E-state index in [-0.39, 0.29) is 5.91 Å². The number of methoxy groups -OCH3 is 1. The minimum absolute atomic E-state index is 0.0109. The average molecular weight is 391 g/mol. The summed E-state index contributed by atoms with van der Waals surface area (Å²) >= 11 is 1.66. The summed E-state index contributed by atoms with van der Waals surface area (Å²) in [6, 6.07) is 9.37. The highest BCUT2D eigenvalue weighted by atomic mass is 32.1. The summed E-state index contributed by atoms with van der Waals surface area (Å²) in [4.78, 5) is 15.6. The molecule has 2 rings (SSSR count). The van der Waals surface area contributed by atoms with Crippen LogP contribution < -0.4 is 15.2 Å². The van der Waals surface area contributed by atoms with E-state index >= 15 is 0 Å². The number of nitrogens with zero attached hydrogens (tertiary/aromatic N) is 1. The fourth-order valence-corrected chi connectivity index (χ4v) is 3.50. The second-order valence-corrected chi connectivity index (χ2v) is 7.97. The molecular formula is C21H30N2O3S. The van der Waals surface area contributed by atoms with Crippen LogP contribution >= 0.6 is 11.3 Å². The van der Waals surface area contributed by atoms with Gasteiger partial charge in [0, 0.05) is 18.0 Å². The third kappa shape index (κ3) is 6.26. The predicted octanol–water partition coefficient (Wildman–Crippen LogP) is 4.06. The normalized spacial score (nSPS) is 12.1. The van der Waals surface area contributed by atoms with Gasteiger partial charge in [-0.2, -0.15) is 0 Å². The average Bonchev–Trinajstić information content (AvgIpc) is 3.17. The van der Waals surface area contributed by atoms with Crippen LogP contribution in [-0.4, -0.2) is 30.5 Å². The molecule has 6 heteroatoms. The third-order valence-corrected chi connectivity index (χ3v) is 5.14. The van der Waals surface area contributed by atoms with Gasteiger partial charge in [0.2, 0.25) is 5.91 Å². The van der Waals surface area contributed by atoms with Crippen molar-refractivity contribution in [2.24, 2.45) is 11.7 Å². The minimum atomic E-state index is -0.458. The van der Waals surface area contributed by atoms with E-state index < -0.39 is 6.04 Å². The molecular weight excluding hydrogens is 360 g/mol. The third-order valence-electron chi connectivity index (χ3n) is 4.29. The number of likely N-dealkylation sites (N-methyl/N-ethyl adjacent to an activating group) is 1. The Labute approximate surface area is 166 Å². The highest BCUT2D eigenvalue weighted by molar-refractivity contribution is 7.09. The van der Waals surface area contributed by atoms with Gasteiger partial charge in [-0.3, -0.25) is 4.79 Å². The van der Waals surface area contributed by atoms with E-state index in [2.05, 4.69) is 13.8 Å². The first-order chi connectivity index (χ1) is 12.9. The summed E-state index contributed by atoms with van der Waals surface area (Å²) in [5, 5.41) is 2.03. The lowest BCUT2D eigenvalue weighted by Crippen LogP contribution is -2.43. The zero-order chi connectivity index (χ0) is 19.8. The number of hydrogen-bond donors (Lipinski definition) is 1. The van der Waals surface area contributed by atoms with E-state index in [9.17, 15) is 4.79 Å². The van der Waals surface area contributed by atoms with Crippen molar-refractivity contribution in [2.45, 2.75) is 46.4 Å². The van der Waals surface area contributed by atoms with E-state index in [1.54, 1.807) is 23.3 Å². The molecule has 0 spiro atoms. The van der Waals surface area contributed by atoms with Crippen LogP contribution in [0, 0.1) is 5.92 Å². The maximum absolute atomic E-state index is 12.6. The van der Waals surface area contributed by atoms with Gasteiger partial charge >= 0.3 is 0 Å². The van der Waals surface area contributed by atoms with E-state index in [1.807, 2.05) is 42.6 Å². The Morgan fingerprint density at radius 3 is 2.63 bits per heavy atom. The van der Waals surface area contributed by atoms with Crippen molar-refractivity contribution in [3.05, 3.63) is 46.2 Å². The lowest BCUT2D eigenvalue weighted by molar-refractivity contribution is -0.133. The standard InChI is InChI=1S/C21H30N2O3S/c1-5-23(21(24)18(22)11-15(2)3)13-16-8-9-19(20(12-16)25-4)26-14-17-7-6-10-27-17/h6-10,12,15,18H,5,11,13-14,22H2,1-4H3/t18-/m0/s1. The topological polar surface area (TPSA) is 64.8 Å². The number of ether oxygens (including phenoxy) is 2. The van der Waals surface area contributed by atoms with Gasteiger partial charge in [0.15, 0.2) is 11.5 Å². The molecule has 1 aromatic carbocycles. The zero-order valence-corrected chi connectivity index (χ0v) is 17.4. The second kappa shape index (κ2) is 10.3. The van der Waals surface area contributed by atoms with Gasteiger partial charge in [0.05, 0.1) is 13.2 Å². The highest BCUT2D eigenvalue weighted by Gasteiger charge is 2.21. The van der Waals surface area contributed by atoms with Crippen molar-refractivity contribution in [1.82, 2.24) is 4.90 Å². The quantitative estimate of drug-likeness (QED) is 0.664. The highest BCUT2D eigenvalue weighted by Crippen LogP contribution is 2.30. The van der Waals surface area contributed by atoms with Crippen LogP contribution in [-0.2, 0) is 17.9 Å². The number of carbonyl (C=O) groups excluding carboxylic acids is 1. The van der Waals surface area contributed by atoms with Crippen LogP contribution in [0.25, 0.3) is 0 Å². The van der Waals surface area contributed by atoms with Crippen LogP contribution in [0.3, 0.4) is 0 Å². The molecule has 5 nitrogen and oxygen atoms in total. The van der Waals surface area contributed by atoms with Crippen molar-refractivity contribution in [2.75, 3.05) is 13.7 Å². The molecule has 0 bridgehead atoms. The minimum Gasteiger partial charge on any atom is -0.493 e. The molecule has 0 saturated carbocycles. The summed E-state index contributed by atoms with van der Waals surface area (Å²) in [7, 11) is 1.62. The Bertz CT molecular complexity index is 716. The van der Waals surface area contributed by atoms with Gasteiger partial charge in [0.1, 0.15) is 6.61 Å². The second-order valence-electron chi connectivity index (χ2n) is 6.94. The largest absolute Gasteiger partial charge is 0.493 e. The van der Waals surface area contributed by atoms with Crippen LogP contribution in [0.5, 0.6) is 11.5 Å². The maximum atomic E-state index is 12.6. The first-order valence-corrected chi connectivity index (χ1v) is 10.2. The molecule has 2 N–H and O–H groups in total. The number of thiophene rings is 1. The number of hydrogen-bond acceptors (Lipinski definition) is 5. The number of carbonyl (C=O) groups is 1. The molecule has 1 atom stereocenters. The van der Waals surface area contributed by atoms with E-state index in [1.165, 1.54) is 0 Å². The van der Waals surface area contributed by atoms with Crippen molar-refractivity contribution in [1.29, 1.82) is 0 Å². The van der Waals surface area contributed by atoms with Crippen LogP contribution in [0.15, 0.2) is 35.7 Å². The van der Waals surface area contributed by atoms with Gasteiger partial charge in [-0.05, 0) is 48.4 Å². The van der Waals surface area contributed by atoms with Gasteiger partial charge in [-0.25, -0.2) is 0 Å². The molecule has 0 fully saturated rings. The number of benzene rings is 1. The molecule has 0 radical (unpaired) electrons. The van der Waals surface area contributed by atoms with Gasteiger partial charge in [-0.15, -0.1) is 11.3 Å². The number of rotatable bonds is 10. The van der Waals surface area contributed by atoms with Crippen LogP contribution in [0.2, 0.25) is 0 Å². The zero-order valence-electron chi connectivity index (χ0n) is 16.6. The van der Waals surface area contributed by atoms with E-state index in [0.717, 1.165) is 10.4 Å². The lowest BCUT2D eigenvalue weighted by Gasteiger charge is -2.25. The van der Waals surface area contributed by atoms with Gasteiger partial charge < -0.3 is 20.1 Å². The van der Waals surface area contributed by atoms with Gasteiger partial charge in [-0.1, -0.05) is 26.0 Å². The molecule has 2 aromatic rings. The SMILES string of the molecule is CCN(Cc1ccc(OCc2cccs2)c(OC)c1)C(=O)[C@@H](N)CC(C)C. The predicted molar refractivity (Wildman–Crippen MR) is 110 cm³/mol.